The minimum absolute atomic E-state index is 0.377. The average molecular weight is 263 g/mol. The van der Waals surface area contributed by atoms with Gasteiger partial charge in [0.2, 0.25) is 0 Å². The molecule has 0 aromatic carbocycles. The third kappa shape index (κ3) is 4.18. The first-order valence-electron chi connectivity index (χ1n) is 7.18. The van der Waals surface area contributed by atoms with E-state index < -0.39 is 0 Å². The van der Waals surface area contributed by atoms with Gasteiger partial charge >= 0.3 is 0 Å². The summed E-state index contributed by atoms with van der Waals surface area (Å²) in [5, 5.41) is 3.51. The summed E-state index contributed by atoms with van der Waals surface area (Å²) in [6.45, 7) is 6.95. The van der Waals surface area contributed by atoms with E-state index >= 15 is 0 Å². The zero-order chi connectivity index (χ0) is 13.7. The van der Waals surface area contributed by atoms with E-state index in [4.69, 9.17) is 4.74 Å². The van der Waals surface area contributed by atoms with Crippen molar-refractivity contribution in [2.24, 2.45) is 0 Å². The second kappa shape index (κ2) is 6.87. The highest BCUT2D eigenvalue weighted by Gasteiger charge is 2.20. The first-order valence-corrected chi connectivity index (χ1v) is 7.18. The van der Waals surface area contributed by atoms with Crippen LogP contribution in [0.5, 0.6) is 0 Å². The van der Waals surface area contributed by atoms with Crippen LogP contribution in [0.3, 0.4) is 0 Å². The summed E-state index contributed by atoms with van der Waals surface area (Å²) < 4.78 is 5.26. The second-order valence-corrected chi connectivity index (χ2v) is 5.25. The van der Waals surface area contributed by atoms with Crippen LogP contribution in [0.25, 0.3) is 0 Å². The Bertz CT molecular complexity index is 393. The summed E-state index contributed by atoms with van der Waals surface area (Å²) in [5.41, 5.74) is 2.35. The lowest BCUT2D eigenvalue weighted by Gasteiger charge is -2.30. The fraction of sp³-hybridized carbons (Fsp3) is 0.667. The van der Waals surface area contributed by atoms with Crippen molar-refractivity contribution >= 4 is 5.69 Å². The van der Waals surface area contributed by atoms with Gasteiger partial charge in [0.05, 0.1) is 12.3 Å². The van der Waals surface area contributed by atoms with Crippen molar-refractivity contribution in [3.8, 4) is 0 Å². The maximum Gasteiger partial charge on any atom is 0.0663 e. The number of aromatic nitrogens is 1. The molecule has 0 amide bonds. The van der Waals surface area contributed by atoms with Crippen molar-refractivity contribution in [1.29, 1.82) is 0 Å². The van der Waals surface area contributed by atoms with Crippen LogP contribution in [0.15, 0.2) is 18.3 Å². The summed E-state index contributed by atoms with van der Waals surface area (Å²) in [5.74, 6) is 0. The lowest BCUT2D eigenvalue weighted by Crippen LogP contribution is -2.36. The monoisotopic (exact) mass is 263 g/mol. The molecule has 0 saturated heterocycles. The van der Waals surface area contributed by atoms with Crippen molar-refractivity contribution in [2.45, 2.75) is 45.3 Å². The first-order chi connectivity index (χ1) is 9.24. The van der Waals surface area contributed by atoms with E-state index in [1.807, 2.05) is 6.20 Å². The minimum atomic E-state index is 0.377. The van der Waals surface area contributed by atoms with Crippen molar-refractivity contribution in [1.82, 2.24) is 10.3 Å². The molecular formula is C15H25N3O. The largest absolute Gasteiger partial charge is 0.383 e. The fourth-order valence-electron chi connectivity index (χ4n) is 2.36. The van der Waals surface area contributed by atoms with Crippen LogP contribution in [0.2, 0.25) is 0 Å². The fourth-order valence-corrected chi connectivity index (χ4v) is 2.36. The molecule has 1 aromatic heterocycles. The number of anilines is 1. The predicted octanol–water partition coefficient (Wildman–Crippen LogP) is 2.19. The third-order valence-electron chi connectivity index (χ3n) is 3.56. The standard InChI is InChI=1S/C15H25N3O/c1-4-18(12(2)11-19-3)15-7-8-16-14(9-15)10-17-13-5-6-13/h7-9,12-13,17H,4-6,10-11H2,1-3H3. The molecule has 1 saturated carbocycles. The lowest BCUT2D eigenvalue weighted by molar-refractivity contribution is 0.182. The molecule has 0 spiro atoms. The second-order valence-electron chi connectivity index (χ2n) is 5.25. The number of ether oxygens (including phenoxy) is 1. The lowest BCUT2D eigenvalue weighted by atomic mass is 10.2. The molecule has 1 atom stereocenters. The van der Waals surface area contributed by atoms with E-state index in [0.29, 0.717) is 6.04 Å². The SMILES string of the molecule is CCN(c1ccnc(CNC2CC2)c1)C(C)COC. The molecule has 2 rings (SSSR count). The summed E-state index contributed by atoms with van der Waals surface area (Å²) in [7, 11) is 1.75. The van der Waals surface area contributed by atoms with Gasteiger partial charge in [0.25, 0.3) is 0 Å². The van der Waals surface area contributed by atoms with Crippen LogP contribution in [0.4, 0.5) is 5.69 Å². The van der Waals surface area contributed by atoms with Crippen molar-refractivity contribution in [3.63, 3.8) is 0 Å². The number of hydrogen-bond acceptors (Lipinski definition) is 4. The molecule has 1 fully saturated rings. The van der Waals surface area contributed by atoms with Gasteiger partial charge in [-0.25, -0.2) is 0 Å². The Morgan fingerprint density at radius 1 is 1.53 bits per heavy atom. The Balaban J connectivity index is 2.01. The normalized spacial score (nSPS) is 16.4. The molecule has 0 aliphatic heterocycles. The van der Waals surface area contributed by atoms with E-state index in [0.717, 1.165) is 31.4 Å². The van der Waals surface area contributed by atoms with Gasteiger partial charge in [-0.3, -0.25) is 4.98 Å². The van der Waals surface area contributed by atoms with E-state index in [1.165, 1.54) is 18.5 Å². The molecule has 1 unspecified atom stereocenters. The molecular weight excluding hydrogens is 238 g/mol. The van der Waals surface area contributed by atoms with E-state index in [-0.39, 0.29) is 0 Å². The molecule has 19 heavy (non-hydrogen) atoms. The number of hydrogen-bond donors (Lipinski definition) is 1. The molecule has 106 valence electrons. The van der Waals surface area contributed by atoms with E-state index in [2.05, 4.69) is 41.2 Å². The topological polar surface area (TPSA) is 37.4 Å². The highest BCUT2D eigenvalue weighted by molar-refractivity contribution is 5.47. The number of likely N-dealkylation sites (N-methyl/N-ethyl adjacent to an activating group) is 1. The average Bonchev–Trinajstić information content (AvgIpc) is 3.22. The summed E-state index contributed by atoms with van der Waals surface area (Å²) in [6.07, 6.45) is 4.53. The number of pyridine rings is 1. The van der Waals surface area contributed by atoms with Crippen LogP contribution in [-0.4, -0.2) is 37.3 Å². The molecule has 4 heteroatoms. The van der Waals surface area contributed by atoms with Gasteiger partial charge in [-0.1, -0.05) is 0 Å². The molecule has 1 N–H and O–H groups in total. The Kier molecular flexibility index (Phi) is 5.16. The minimum Gasteiger partial charge on any atom is -0.383 e. The molecule has 0 bridgehead atoms. The highest BCUT2D eigenvalue weighted by atomic mass is 16.5. The Morgan fingerprint density at radius 2 is 2.32 bits per heavy atom. The smallest absolute Gasteiger partial charge is 0.0663 e. The van der Waals surface area contributed by atoms with Gasteiger partial charge in [0.1, 0.15) is 0 Å². The number of nitrogens with zero attached hydrogens (tertiary/aromatic N) is 2. The third-order valence-corrected chi connectivity index (χ3v) is 3.56. The quantitative estimate of drug-likeness (QED) is 0.780. The summed E-state index contributed by atoms with van der Waals surface area (Å²) >= 11 is 0. The van der Waals surface area contributed by atoms with Crippen LogP contribution in [-0.2, 0) is 11.3 Å². The van der Waals surface area contributed by atoms with Crippen LogP contribution in [0, 0.1) is 0 Å². The van der Waals surface area contributed by atoms with Crippen molar-refractivity contribution < 1.29 is 4.74 Å². The van der Waals surface area contributed by atoms with Gasteiger partial charge in [0, 0.05) is 44.2 Å². The maximum absolute atomic E-state index is 5.26. The van der Waals surface area contributed by atoms with Gasteiger partial charge in [0.15, 0.2) is 0 Å². The van der Waals surface area contributed by atoms with Gasteiger partial charge in [-0.05, 0) is 38.8 Å². The maximum atomic E-state index is 5.26. The van der Waals surface area contributed by atoms with Gasteiger partial charge in [-0.15, -0.1) is 0 Å². The molecule has 1 aliphatic rings. The molecule has 0 radical (unpaired) electrons. The van der Waals surface area contributed by atoms with Crippen LogP contribution < -0.4 is 10.2 Å². The Labute approximate surface area is 116 Å². The predicted molar refractivity (Wildman–Crippen MR) is 78.5 cm³/mol. The highest BCUT2D eigenvalue weighted by Crippen LogP contribution is 2.21. The molecule has 1 aromatic rings. The van der Waals surface area contributed by atoms with Gasteiger partial charge in [-0.2, -0.15) is 0 Å². The van der Waals surface area contributed by atoms with Crippen LogP contribution >= 0.6 is 0 Å². The Morgan fingerprint density at radius 3 is 2.95 bits per heavy atom. The zero-order valence-electron chi connectivity index (χ0n) is 12.2. The summed E-state index contributed by atoms with van der Waals surface area (Å²) in [4.78, 5) is 6.79. The van der Waals surface area contributed by atoms with E-state index in [9.17, 15) is 0 Å². The number of nitrogens with one attached hydrogen (secondary N) is 1. The summed E-state index contributed by atoms with van der Waals surface area (Å²) in [6, 6.07) is 5.36. The molecule has 1 heterocycles. The number of methoxy groups -OCH3 is 1. The van der Waals surface area contributed by atoms with Crippen molar-refractivity contribution in [2.75, 3.05) is 25.2 Å². The van der Waals surface area contributed by atoms with E-state index in [1.54, 1.807) is 7.11 Å². The Hall–Kier alpha value is -1.13. The van der Waals surface area contributed by atoms with Gasteiger partial charge < -0.3 is 15.0 Å². The molecule has 4 nitrogen and oxygen atoms in total. The van der Waals surface area contributed by atoms with Crippen molar-refractivity contribution in [3.05, 3.63) is 24.0 Å². The first kappa shape index (κ1) is 14.3. The van der Waals surface area contributed by atoms with Crippen LogP contribution in [0.1, 0.15) is 32.4 Å². The zero-order valence-corrected chi connectivity index (χ0v) is 12.2. The molecule has 1 aliphatic carbocycles. The number of rotatable bonds is 8.